The Morgan fingerprint density at radius 1 is 1.10 bits per heavy atom. The van der Waals surface area contributed by atoms with Crippen molar-refractivity contribution < 1.29 is 32.6 Å². The number of esters is 1. The van der Waals surface area contributed by atoms with Crippen LogP contribution in [0.5, 0.6) is 11.5 Å². The second kappa shape index (κ2) is 9.25. The molecule has 3 aromatic rings. The summed E-state index contributed by atoms with van der Waals surface area (Å²) in [5, 5.41) is 3.55. The number of halogens is 2. The van der Waals surface area contributed by atoms with Crippen LogP contribution >= 0.6 is 0 Å². The first-order valence-electron chi connectivity index (χ1n) is 8.99. The standard InChI is InChI=1S/C21H20F2N2O5/c1-28-18-10-12(7-8-17(18)30-21(22)23)19(26)25-16(20(27)29-2)9-13-11-24-15-6-4-3-5-14(13)15/h3-8,10-11,16,21,24H,9H2,1-2H3,(H,25,26)/t16-/m1/s1. The van der Waals surface area contributed by atoms with Crippen molar-refractivity contribution in [3.63, 3.8) is 0 Å². The van der Waals surface area contributed by atoms with Gasteiger partial charge in [-0.25, -0.2) is 4.79 Å². The predicted octanol–water partition coefficient (Wildman–Crippen LogP) is 3.29. The molecule has 3 rings (SSSR count). The molecule has 0 aliphatic heterocycles. The van der Waals surface area contributed by atoms with Crippen molar-refractivity contribution >= 4 is 22.8 Å². The third-order valence-electron chi connectivity index (χ3n) is 4.53. The summed E-state index contributed by atoms with van der Waals surface area (Å²) in [5.74, 6) is -1.44. The topological polar surface area (TPSA) is 89.7 Å². The van der Waals surface area contributed by atoms with Crippen LogP contribution in [0, 0.1) is 0 Å². The van der Waals surface area contributed by atoms with Crippen LogP contribution in [0.15, 0.2) is 48.7 Å². The lowest BCUT2D eigenvalue weighted by Gasteiger charge is -2.17. The van der Waals surface area contributed by atoms with E-state index in [1.54, 1.807) is 6.20 Å². The first-order valence-corrected chi connectivity index (χ1v) is 8.99. The summed E-state index contributed by atoms with van der Waals surface area (Å²) in [6.45, 7) is -3.03. The molecule has 1 atom stereocenters. The molecule has 7 nitrogen and oxygen atoms in total. The molecule has 0 spiro atoms. The summed E-state index contributed by atoms with van der Waals surface area (Å²) in [4.78, 5) is 28.1. The zero-order chi connectivity index (χ0) is 21.7. The molecule has 0 aliphatic carbocycles. The monoisotopic (exact) mass is 418 g/mol. The SMILES string of the molecule is COC(=O)[C@@H](Cc1c[nH]c2ccccc12)NC(=O)c1ccc(OC(F)F)c(OC)c1. The van der Waals surface area contributed by atoms with Gasteiger partial charge < -0.3 is 24.5 Å². The number of fused-ring (bicyclic) bond motifs is 1. The minimum atomic E-state index is -3.03. The van der Waals surface area contributed by atoms with E-state index < -0.39 is 24.5 Å². The number of hydrogen-bond donors (Lipinski definition) is 2. The highest BCUT2D eigenvalue weighted by molar-refractivity contribution is 5.97. The van der Waals surface area contributed by atoms with Crippen LogP contribution in [0.25, 0.3) is 10.9 Å². The van der Waals surface area contributed by atoms with Gasteiger partial charge >= 0.3 is 12.6 Å². The van der Waals surface area contributed by atoms with Gasteiger partial charge in [-0.15, -0.1) is 0 Å². The van der Waals surface area contributed by atoms with Crippen LogP contribution in [0.4, 0.5) is 8.78 Å². The molecule has 0 fully saturated rings. The molecule has 0 aliphatic rings. The number of ether oxygens (including phenoxy) is 3. The number of amides is 1. The van der Waals surface area contributed by atoms with E-state index in [2.05, 4.69) is 15.0 Å². The maximum Gasteiger partial charge on any atom is 0.387 e. The summed E-state index contributed by atoms with van der Waals surface area (Å²) in [5.41, 5.74) is 1.85. The molecule has 1 heterocycles. The van der Waals surface area contributed by atoms with E-state index in [0.29, 0.717) is 0 Å². The first-order chi connectivity index (χ1) is 14.4. The molecule has 0 unspecified atom stereocenters. The van der Waals surface area contributed by atoms with Crippen LogP contribution < -0.4 is 14.8 Å². The highest BCUT2D eigenvalue weighted by Crippen LogP contribution is 2.29. The van der Waals surface area contributed by atoms with Gasteiger partial charge in [0, 0.05) is 29.1 Å². The molecule has 2 aromatic carbocycles. The number of benzene rings is 2. The quantitative estimate of drug-likeness (QED) is 0.548. The fraction of sp³-hybridized carbons (Fsp3) is 0.238. The summed E-state index contributed by atoms with van der Waals surface area (Å²) >= 11 is 0. The lowest BCUT2D eigenvalue weighted by Crippen LogP contribution is -2.43. The third kappa shape index (κ3) is 4.68. The van der Waals surface area contributed by atoms with Gasteiger partial charge in [0.05, 0.1) is 14.2 Å². The van der Waals surface area contributed by atoms with Crippen molar-refractivity contribution in [3.8, 4) is 11.5 Å². The third-order valence-corrected chi connectivity index (χ3v) is 4.53. The minimum Gasteiger partial charge on any atom is -0.493 e. The van der Waals surface area contributed by atoms with E-state index in [9.17, 15) is 18.4 Å². The Labute approximate surface area is 170 Å². The summed E-state index contributed by atoms with van der Waals surface area (Å²) < 4.78 is 39.1. The van der Waals surface area contributed by atoms with Gasteiger partial charge in [-0.3, -0.25) is 4.79 Å². The molecular formula is C21H20F2N2O5. The number of alkyl halides is 2. The minimum absolute atomic E-state index is 0.0332. The Kier molecular flexibility index (Phi) is 6.51. The number of hydrogen-bond acceptors (Lipinski definition) is 5. The van der Waals surface area contributed by atoms with E-state index in [4.69, 9.17) is 9.47 Å². The Hall–Kier alpha value is -3.62. The van der Waals surface area contributed by atoms with Crippen LogP contribution in [-0.2, 0) is 16.0 Å². The number of H-pyrrole nitrogens is 1. The zero-order valence-electron chi connectivity index (χ0n) is 16.3. The van der Waals surface area contributed by atoms with Crippen molar-refractivity contribution in [2.45, 2.75) is 19.1 Å². The van der Waals surface area contributed by atoms with Gasteiger partial charge in [0.2, 0.25) is 0 Å². The van der Waals surface area contributed by atoms with Crippen molar-refractivity contribution in [3.05, 3.63) is 59.8 Å². The molecule has 158 valence electrons. The molecular weight excluding hydrogens is 398 g/mol. The molecule has 9 heteroatoms. The number of carbonyl (C=O) groups is 2. The number of carbonyl (C=O) groups excluding carboxylic acids is 2. The van der Waals surface area contributed by atoms with Crippen LogP contribution in [0.1, 0.15) is 15.9 Å². The number of methoxy groups -OCH3 is 2. The Bertz CT molecular complexity index is 1050. The molecule has 2 N–H and O–H groups in total. The van der Waals surface area contributed by atoms with E-state index >= 15 is 0 Å². The van der Waals surface area contributed by atoms with Gasteiger partial charge in [-0.2, -0.15) is 8.78 Å². The number of rotatable bonds is 8. The second-order valence-corrected chi connectivity index (χ2v) is 6.36. The molecule has 0 radical (unpaired) electrons. The molecule has 0 saturated heterocycles. The zero-order valence-corrected chi connectivity index (χ0v) is 16.3. The number of para-hydroxylation sites is 1. The van der Waals surface area contributed by atoms with Gasteiger partial charge in [-0.05, 0) is 29.8 Å². The summed E-state index contributed by atoms with van der Waals surface area (Å²) in [6.07, 6.45) is 1.97. The Morgan fingerprint density at radius 3 is 2.57 bits per heavy atom. The highest BCUT2D eigenvalue weighted by atomic mass is 19.3. The lowest BCUT2D eigenvalue weighted by atomic mass is 10.0. The number of nitrogens with one attached hydrogen (secondary N) is 2. The summed E-state index contributed by atoms with van der Waals surface area (Å²) in [6, 6.07) is 10.4. The number of aromatic amines is 1. The normalized spacial score (nSPS) is 11.9. The average molecular weight is 418 g/mol. The van der Waals surface area contributed by atoms with Crippen molar-refractivity contribution in [1.82, 2.24) is 10.3 Å². The maximum absolute atomic E-state index is 12.7. The lowest BCUT2D eigenvalue weighted by molar-refractivity contribution is -0.142. The van der Waals surface area contributed by atoms with Gasteiger partial charge in [0.1, 0.15) is 6.04 Å². The van der Waals surface area contributed by atoms with E-state index in [0.717, 1.165) is 16.5 Å². The van der Waals surface area contributed by atoms with Crippen LogP contribution in [0.3, 0.4) is 0 Å². The summed E-state index contributed by atoms with van der Waals surface area (Å²) in [7, 11) is 2.50. The Balaban J connectivity index is 1.81. The highest BCUT2D eigenvalue weighted by Gasteiger charge is 2.24. The second-order valence-electron chi connectivity index (χ2n) is 6.36. The van der Waals surface area contributed by atoms with Crippen LogP contribution in [-0.4, -0.2) is 43.7 Å². The van der Waals surface area contributed by atoms with Gasteiger partial charge in [0.15, 0.2) is 11.5 Å². The molecule has 30 heavy (non-hydrogen) atoms. The molecule has 1 aromatic heterocycles. The van der Waals surface area contributed by atoms with Crippen molar-refractivity contribution in [1.29, 1.82) is 0 Å². The fourth-order valence-electron chi connectivity index (χ4n) is 3.10. The van der Waals surface area contributed by atoms with Gasteiger partial charge in [0.25, 0.3) is 5.91 Å². The van der Waals surface area contributed by atoms with E-state index in [-0.39, 0.29) is 23.5 Å². The fourth-order valence-corrected chi connectivity index (χ4v) is 3.10. The van der Waals surface area contributed by atoms with Crippen molar-refractivity contribution in [2.75, 3.05) is 14.2 Å². The predicted molar refractivity (Wildman–Crippen MR) is 105 cm³/mol. The first kappa shape index (κ1) is 21.1. The molecule has 0 saturated carbocycles. The average Bonchev–Trinajstić information content (AvgIpc) is 3.15. The van der Waals surface area contributed by atoms with E-state index in [1.165, 1.54) is 32.4 Å². The Morgan fingerprint density at radius 2 is 1.87 bits per heavy atom. The van der Waals surface area contributed by atoms with E-state index in [1.807, 2.05) is 24.3 Å². The largest absolute Gasteiger partial charge is 0.493 e. The molecule has 1 amide bonds. The smallest absolute Gasteiger partial charge is 0.387 e. The van der Waals surface area contributed by atoms with Crippen molar-refractivity contribution in [2.24, 2.45) is 0 Å². The van der Waals surface area contributed by atoms with Gasteiger partial charge in [-0.1, -0.05) is 18.2 Å². The maximum atomic E-state index is 12.7. The van der Waals surface area contributed by atoms with Crippen LogP contribution in [0.2, 0.25) is 0 Å². The number of aromatic nitrogens is 1. The molecule has 0 bridgehead atoms.